The minimum atomic E-state index is -0.478. The van der Waals surface area contributed by atoms with Crippen LogP contribution in [0.25, 0.3) is 20.2 Å². The van der Waals surface area contributed by atoms with Crippen LogP contribution in [0.15, 0.2) is 59.3 Å². The molecule has 2 aromatic heterocycles. The Balaban J connectivity index is 1.46. The van der Waals surface area contributed by atoms with E-state index in [2.05, 4.69) is 52.5 Å². The fourth-order valence-electron chi connectivity index (χ4n) is 2.90. The van der Waals surface area contributed by atoms with Crippen LogP contribution < -0.4 is 5.32 Å². The van der Waals surface area contributed by atoms with Gasteiger partial charge in [0.05, 0.1) is 6.10 Å². The van der Waals surface area contributed by atoms with Crippen LogP contribution in [0.3, 0.4) is 0 Å². The van der Waals surface area contributed by atoms with Gasteiger partial charge in [0.25, 0.3) is 0 Å². The van der Waals surface area contributed by atoms with Crippen molar-refractivity contribution in [3.63, 3.8) is 0 Å². The number of aliphatic hydroxyl groups is 1. The molecule has 0 saturated carbocycles. The molecule has 2 N–H and O–H groups in total. The van der Waals surface area contributed by atoms with E-state index in [4.69, 9.17) is 0 Å². The molecule has 116 valence electrons. The van der Waals surface area contributed by atoms with Gasteiger partial charge in [0.15, 0.2) is 0 Å². The number of hydrogen-bond acceptors (Lipinski definition) is 4. The lowest BCUT2D eigenvalue weighted by molar-refractivity contribution is 0.176. The molecule has 4 rings (SSSR count). The molecule has 0 saturated heterocycles. The number of aliphatic hydroxyl groups excluding tert-OH is 1. The number of benzene rings is 2. The number of nitrogens with one attached hydrogen (secondary N) is 1. The van der Waals surface area contributed by atoms with Crippen molar-refractivity contribution in [3.05, 3.63) is 70.4 Å². The minimum absolute atomic E-state index is 0.478. The first kappa shape index (κ1) is 14.8. The van der Waals surface area contributed by atoms with E-state index < -0.39 is 6.10 Å². The SMILES string of the molecule is OC(CNCc1cccc2ccsc12)c1csc2ccccc12. The van der Waals surface area contributed by atoms with Gasteiger partial charge >= 0.3 is 0 Å². The molecular formula is C19H17NOS2. The first-order valence-electron chi connectivity index (χ1n) is 7.63. The highest BCUT2D eigenvalue weighted by molar-refractivity contribution is 7.17. The summed E-state index contributed by atoms with van der Waals surface area (Å²) in [5, 5.41) is 20.5. The van der Waals surface area contributed by atoms with Crippen molar-refractivity contribution >= 4 is 42.8 Å². The van der Waals surface area contributed by atoms with Crippen molar-refractivity contribution in [2.45, 2.75) is 12.6 Å². The zero-order chi connectivity index (χ0) is 15.6. The molecule has 4 heteroatoms. The summed E-state index contributed by atoms with van der Waals surface area (Å²) in [4.78, 5) is 0. The standard InChI is InChI=1S/C19H17NOS2/c21-17(16-12-23-18-7-2-1-6-15(16)18)11-20-10-14-5-3-4-13-8-9-22-19(13)14/h1-9,12,17,20-21H,10-11H2. The first-order chi connectivity index (χ1) is 11.3. The van der Waals surface area contributed by atoms with Gasteiger partial charge in [-0.05, 0) is 39.2 Å². The van der Waals surface area contributed by atoms with E-state index in [9.17, 15) is 5.11 Å². The molecule has 2 nitrogen and oxygen atoms in total. The van der Waals surface area contributed by atoms with Crippen LogP contribution in [0.2, 0.25) is 0 Å². The third kappa shape index (κ3) is 2.91. The molecule has 0 aliphatic rings. The summed E-state index contributed by atoms with van der Waals surface area (Å²) in [5.41, 5.74) is 2.31. The molecule has 23 heavy (non-hydrogen) atoms. The molecular weight excluding hydrogens is 322 g/mol. The Morgan fingerprint density at radius 3 is 2.87 bits per heavy atom. The maximum absolute atomic E-state index is 10.5. The molecule has 2 aromatic carbocycles. The van der Waals surface area contributed by atoms with Crippen LogP contribution in [-0.2, 0) is 6.54 Å². The third-order valence-electron chi connectivity index (χ3n) is 4.08. The fourth-order valence-corrected chi connectivity index (χ4v) is 4.83. The summed E-state index contributed by atoms with van der Waals surface area (Å²) in [6.45, 7) is 1.33. The fraction of sp³-hybridized carbons (Fsp3) is 0.158. The Hall–Kier alpha value is -1.72. The molecule has 0 aliphatic heterocycles. The quantitative estimate of drug-likeness (QED) is 0.540. The van der Waals surface area contributed by atoms with Crippen LogP contribution in [-0.4, -0.2) is 11.7 Å². The largest absolute Gasteiger partial charge is 0.387 e. The normalized spacial score (nSPS) is 12.9. The summed E-state index contributed by atoms with van der Waals surface area (Å²) in [6, 6.07) is 16.8. The summed E-state index contributed by atoms with van der Waals surface area (Å²) < 4.78 is 2.56. The van der Waals surface area contributed by atoms with E-state index >= 15 is 0 Å². The lowest BCUT2D eigenvalue weighted by Gasteiger charge is -2.12. The van der Waals surface area contributed by atoms with Crippen molar-refractivity contribution in [2.75, 3.05) is 6.54 Å². The lowest BCUT2D eigenvalue weighted by Crippen LogP contribution is -2.20. The van der Waals surface area contributed by atoms with Crippen molar-refractivity contribution in [1.82, 2.24) is 5.32 Å². The van der Waals surface area contributed by atoms with E-state index in [0.29, 0.717) is 6.54 Å². The molecule has 0 spiro atoms. The van der Waals surface area contributed by atoms with Crippen molar-refractivity contribution in [2.24, 2.45) is 0 Å². The number of fused-ring (bicyclic) bond motifs is 2. The molecule has 0 aliphatic carbocycles. The average Bonchev–Trinajstić information content (AvgIpc) is 3.22. The third-order valence-corrected chi connectivity index (χ3v) is 6.07. The predicted octanol–water partition coefficient (Wildman–Crippen LogP) is 4.94. The van der Waals surface area contributed by atoms with Crippen molar-refractivity contribution in [1.29, 1.82) is 0 Å². The van der Waals surface area contributed by atoms with E-state index in [-0.39, 0.29) is 0 Å². The second kappa shape index (κ2) is 6.42. The van der Waals surface area contributed by atoms with Gasteiger partial charge in [-0.15, -0.1) is 22.7 Å². The van der Waals surface area contributed by atoms with Crippen LogP contribution in [0.1, 0.15) is 17.2 Å². The molecule has 0 bridgehead atoms. The van der Waals surface area contributed by atoms with E-state index in [1.54, 1.807) is 22.7 Å². The van der Waals surface area contributed by atoms with Crippen molar-refractivity contribution in [3.8, 4) is 0 Å². The molecule has 0 radical (unpaired) electrons. The van der Waals surface area contributed by atoms with Crippen LogP contribution >= 0.6 is 22.7 Å². The van der Waals surface area contributed by atoms with Crippen LogP contribution in [0.4, 0.5) is 0 Å². The molecule has 4 aromatic rings. The van der Waals surface area contributed by atoms with Gasteiger partial charge in [0.2, 0.25) is 0 Å². The van der Waals surface area contributed by atoms with Gasteiger partial charge in [-0.3, -0.25) is 0 Å². The second-order valence-corrected chi connectivity index (χ2v) is 7.42. The Kier molecular flexibility index (Phi) is 4.14. The Labute approximate surface area is 143 Å². The van der Waals surface area contributed by atoms with E-state index in [1.807, 2.05) is 12.1 Å². The summed E-state index contributed by atoms with van der Waals surface area (Å²) in [5.74, 6) is 0. The highest BCUT2D eigenvalue weighted by Crippen LogP contribution is 2.30. The topological polar surface area (TPSA) is 32.3 Å². The van der Waals surface area contributed by atoms with Crippen LogP contribution in [0.5, 0.6) is 0 Å². The summed E-state index contributed by atoms with van der Waals surface area (Å²) >= 11 is 3.46. The number of rotatable bonds is 5. The Morgan fingerprint density at radius 1 is 1.00 bits per heavy atom. The molecule has 0 amide bonds. The summed E-state index contributed by atoms with van der Waals surface area (Å²) in [7, 11) is 0. The molecule has 0 fully saturated rings. The molecule has 1 atom stereocenters. The summed E-state index contributed by atoms with van der Waals surface area (Å²) in [6.07, 6.45) is -0.478. The van der Waals surface area contributed by atoms with Gasteiger partial charge in [-0.2, -0.15) is 0 Å². The first-order valence-corrected chi connectivity index (χ1v) is 9.39. The number of hydrogen-bond donors (Lipinski definition) is 2. The zero-order valence-electron chi connectivity index (χ0n) is 12.5. The Morgan fingerprint density at radius 2 is 1.91 bits per heavy atom. The predicted molar refractivity (Wildman–Crippen MR) is 100 cm³/mol. The molecule has 2 heterocycles. The minimum Gasteiger partial charge on any atom is -0.387 e. The smallest absolute Gasteiger partial charge is 0.0928 e. The van der Waals surface area contributed by atoms with Gasteiger partial charge in [-0.25, -0.2) is 0 Å². The highest BCUT2D eigenvalue weighted by Gasteiger charge is 2.12. The van der Waals surface area contributed by atoms with Gasteiger partial charge in [0, 0.05) is 28.1 Å². The zero-order valence-corrected chi connectivity index (χ0v) is 14.2. The van der Waals surface area contributed by atoms with Crippen molar-refractivity contribution < 1.29 is 5.11 Å². The number of thiophene rings is 2. The Bertz CT molecular complexity index is 941. The van der Waals surface area contributed by atoms with Gasteiger partial charge in [-0.1, -0.05) is 36.4 Å². The maximum Gasteiger partial charge on any atom is 0.0928 e. The van der Waals surface area contributed by atoms with E-state index in [1.165, 1.54) is 20.3 Å². The van der Waals surface area contributed by atoms with Crippen LogP contribution in [0, 0.1) is 0 Å². The maximum atomic E-state index is 10.5. The lowest BCUT2D eigenvalue weighted by atomic mass is 10.1. The highest BCUT2D eigenvalue weighted by atomic mass is 32.1. The molecule has 1 unspecified atom stereocenters. The van der Waals surface area contributed by atoms with E-state index in [0.717, 1.165) is 17.5 Å². The van der Waals surface area contributed by atoms with Gasteiger partial charge in [0.1, 0.15) is 0 Å². The average molecular weight is 339 g/mol. The monoisotopic (exact) mass is 339 g/mol. The second-order valence-electron chi connectivity index (χ2n) is 5.59. The van der Waals surface area contributed by atoms with Gasteiger partial charge < -0.3 is 10.4 Å².